The first-order chi connectivity index (χ1) is 15.0. The van der Waals surface area contributed by atoms with Crippen molar-refractivity contribution in [3.63, 3.8) is 0 Å². The second-order valence-corrected chi connectivity index (χ2v) is 7.67. The summed E-state index contributed by atoms with van der Waals surface area (Å²) in [4.78, 5) is 16.5. The highest BCUT2D eigenvalue weighted by Crippen LogP contribution is 2.26. The number of benzene rings is 2. The van der Waals surface area contributed by atoms with E-state index < -0.39 is 11.9 Å². The van der Waals surface area contributed by atoms with Gasteiger partial charge in [0, 0.05) is 31.7 Å². The van der Waals surface area contributed by atoms with Crippen LogP contribution in [0.1, 0.15) is 6.92 Å². The highest BCUT2D eigenvalue weighted by molar-refractivity contribution is 6.33. The van der Waals surface area contributed by atoms with Crippen LogP contribution in [0.4, 0.5) is 10.2 Å². The maximum Gasteiger partial charge on any atom is 0.263 e. The number of hydrogen-bond acceptors (Lipinski definition) is 5. The summed E-state index contributed by atoms with van der Waals surface area (Å²) in [6.45, 7) is 3.94. The Labute approximate surface area is 185 Å². The Hall–Kier alpha value is -3.19. The first-order valence-electron chi connectivity index (χ1n) is 10.1. The average molecular weight is 441 g/mol. The van der Waals surface area contributed by atoms with E-state index in [0.717, 1.165) is 11.4 Å². The number of halogens is 2. The number of piperazine rings is 1. The standard InChI is InChI=1S/C23H22ClFN4O2/c1-16(31-21-9-5-4-8-19(21)25)23(30)29-14-12-28(13-15-29)22-11-10-20(26-27-22)17-6-2-3-7-18(17)24/h2-11,16H,12-15H2,1H3. The van der Waals surface area contributed by atoms with Crippen LogP contribution >= 0.6 is 11.6 Å². The molecule has 2 heterocycles. The van der Waals surface area contributed by atoms with Gasteiger partial charge in [0.2, 0.25) is 0 Å². The molecule has 1 fully saturated rings. The van der Waals surface area contributed by atoms with Crippen molar-refractivity contribution in [1.29, 1.82) is 0 Å². The van der Waals surface area contributed by atoms with E-state index in [4.69, 9.17) is 16.3 Å². The number of para-hydroxylation sites is 1. The van der Waals surface area contributed by atoms with Gasteiger partial charge in [0.25, 0.3) is 5.91 Å². The first kappa shape index (κ1) is 21.1. The van der Waals surface area contributed by atoms with Crippen molar-refractivity contribution in [2.24, 2.45) is 0 Å². The Morgan fingerprint density at radius 3 is 2.39 bits per heavy atom. The predicted molar refractivity (Wildman–Crippen MR) is 118 cm³/mol. The molecule has 1 aliphatic heterocycles. The molecule has 2 aromatic carbocycles. The quantitative estimate of drug-likeness (QED) is 0.599. The molecule has 31 heavy (non-hydrogen) atoms. The van der Waals surface area contributed by atoms with Crippen LogP contribution in [0.25, 0.3) is 11.3 Å². The van der Waals surface area contributed by atoms with Crippen LogP contribution in [-0.2, 0) is 4.79 Å². The van der Waals surface area contributed by atoms with Gasteiger partial charge in [0.15, 0.2) is 23.5 Å². The summed E-state index contributed by atoms with van der Waals surface area (Å²) in [6.07, 6.45) is -0.766. The van der Waals surface area contributed by atoms with Crippen LogP contribution in [-0.4, -0.2) is 53.3 Å². The summed E-state index contributed by atoms with van der Waals surface area (Å²) in [5.41, 5.74) is 1.55. The van der Waals surface area contributed by atoms with Crippen molar-refractivity contribution in [3.8, 4) is 17.0 Å². The zero-order valence-electron chi connectivity index (χ0n) is 17.0. The minimum Gasteiger partial charge on any atom is -0.478 e. The van der Waals surface area contributed by atoms with Crippen molar-refractivity contribution in [2.45, 2.75) is 13.0 Å². The summed E-state index contributed by atoms with van der Waals surface area (Å²) < 4.78 is 19.3. The van der Waals surface area contributed by atoms with E-state index >= 15 is 0 Å². The number of carbonyl (C=O) groups excluding carboxylic acids is 1. The third-order valence-corrected chi connectivity index (χ3v) is 5.53. The fraction of sp³-hybridized carbons (Fsp3) is 0.261. The molecule has 0 N–H and O–H groups in total. The van der Waals surface area contributed by atoms with Crippen LogP contribution in [0, 0.1) is 5.82 Å². The third-order valence-electron chi connectivity index (χ3n) is 5.20. The molecule has 160 valence electrons. The van der Waals surface area contributed by atoms with Crippen LogP contribution in [0.3, 0.4) is 0 Å². The van der Waals surface area contributed by atoms with Crippen LogP contribution in [0.5, 0.6) is 5.75 Å². The van der Waals surface area contributed by atoms with Gasteiger partial charge in [-0.15, -0.1) is 10.2 Å². The van der Waals surface area contributed by atoms with Crippen molar-refractivity contribution < 1.29 is 13.9 Å². The molecule has 8 heteroatoms. The van der Waals surface area contributed by atoms with Crippen molar-refractivity contribution in [3.05, 3.63) is 71.5 Å². The lowest BCUT2D eigenvalue weighted by Crippen LogP contribution is -2.52. The largest absolute Gasteiger partial charge is 0.478 e. The van der Waals surface area contributed by atoms with E-state index in [2.05, 4.69) is 15.1 Å². The molecule has 4 rings (SSSR count). The minimum absolute atomic E-state index is 0.0795. The lowest BCUT2D eigenvalue weighted by molar-refractivity contribution is -0.138. The molecular formula is C23H22ClFN4O2. The molecule has 1 saturated heterocycles. The Morgan fingerprint density at radius 1 is 1.00 bits per heavy atom. The third kappa shape index (κ3) is 4.77. The number of amides is 1. The molecule has 0 spiro atoms. The van der Waals surface area contributed by atoms with E-state index in [-0.39, 0.29) is 11.7 Å². The molecule has 1 aromatic heterocycles. The van der Waals surface area contributed by atoms with E-state index in [9.17, 15) is 9.18 Å². The molecule has 1 unspecified atom stereocenters. The average Bonchev–Trinajstić information content (AvgIpc) is 2.81. The number of nitrogens with zero attached hydrogens (tertiary/aromatic N) is 4. The van der Waals surface area contributed by atoms with Gasteiger partial charge in [-0.2, -0.15) is 0 Å². The topological polar surface area (TPSA) is 58.6 Å². The fourth-order valence-electron chi connectivity index (χ4n) is 3.50. The maximum absolute atomic E-state index is 13.8. The second-order valence-electron chi connectivity index (χ2n) is 7.26. The molecule has 1 aliphatic rings. The Bertz CT molecular complexity index is 1060. The van der Waals surface area contributed by atoms with Crippen molar-refractivity contribution in [2.75, 3.05) is 31.1 Å². The zero-order valence-corrected chi connectivity index (χ0v) is 17.8. The summed E-state index contributed by atoms with van der Waals surface area (Å²) in [5.74, 6) is 0.184. The second kappa shape index (κ2) is 9.31. The normalized spacial score (nSPS) is 14.9. The summed E-state index contributed by atoms with van der Waals surface area (Å²) in [6, 6.07) is 17.4. The van der Waals surface area contributed by atoms with Crippen LogP contribution < -0.4 is 9.64 Å². The van der Waals surface area contributed by atoms with Gasteiger partial charge in [-0.3, -0.25) is 4.79 Å². The number of carbonyl (C=O) groups is 1. The smallest absolute Gasteiger partial charge is 0.263 e. The van der Waals surface area contributed by atoms with Crippen molar-refractivity contribution >= 4 is 23.3 Å². The van der Waals surface area contributed by atoms with Crippen molar-refractivity contribution in [1.82, 2.24) is 15.1 Å². The Morgan fingerprint density at radius 2 is 1.71 bits per heavy atom. The van der Waals surface area contributed by atoms with E-state index in [1.807, 2.05) is 36.4 Å². The number of ether oxygens (including phenoxy) is 1. The number of anilines is 1. The predicted octanol–water partition coefficient (Wildman–Crippen LogP) is 4.05. The summed E-state index contributed by atoms with van der Waals surface area (Å²) in [7, 11) is 0. The van der Waals surface area contributed by atoms with Gasteiger partial charge in [0.05, 0.1) is 10.7 Å². The lowest BCUT2D eigenvalue weighted by atomic mass is 10.1. The molecule has 1 atom stereocenters. The number of aromatic nitrogens is 2. The molecule has 0 bridgehead atoms. The zero-order chi connectivity index (χ0) is 21.8. The first-order valence-corrected chi connectivity index (χ1v) is 10.4. The Balaban J connectivity index is 1.34. The van der Waals surface area contributed by atoms with Crippen LogP contribution in [0.2, 0.25) is 5.02 Å². The molecule has 1 amide bonds. The lowest BCUT2D eigenvalue weighted by Gasteiger charge is -2.36. The van der Waals surface area contributed by atoms with E-state index in [1.54, 1.807) is 24.0 Å². The molecule has 6 nitrogen and oxygen atoms in total. The van der Waals surface area contributed by atoms with Gasteiger partial charge < -0.3 is 14.5 Å². The monoisotopic (exact) mass is 440 g/mol. The minimum atomic E-state index is -0.766. The summed E-state index contributed by atoms with van der Waals surface area (Å²) in [5, 5.41) is 9.28. The molecule has 0 radical (unpaired) electrons. The van der Waals surface area contributed by atoms with E-state index in [1.165, 1.54) is 12.1 Å². The SMILES string of the molecule is CC(Oc1ccccc1F)C(=O)N1CCN(c2ccc(-c3ccccc3Cl)nn2)CC1. The molecular weight excluding hydrogens is 419 g/mol. The Kier molecular flexibility index (Phi) is 6.32. The van der Waals surface area contributed by atoms with E-state index in [0.29, 0.717) is 36.9 Å². The fourth-order valence-corrected chi connectivity index (χ4v) is 3.73. The van der Waals surface area contributed by atoms with Gasteiger partial charge >= 0.3 is 0 Å². The van der Waals surface area contributed by atoms with Gasteiger partial charge in [0.1, 0.15) is 0 Å². The maximum atomic E-state index is 13.8. The highest BCUT2D eigenvalue weighted by Gasteiger charge is 2.27. The summed E-state index contributed by atoms with van der Waals surface area (Å²) >= 11 is 6.23. The van der Waals surface area contributed by atoms with Gasteiger partial charge in [-0.05, 0) is 37.3 Å². The molecule has 0 aliphatic carbocycles. The molecule has 3 aromatic rings. The van der Waals surface area contributed by atoms with Crippen LogP contribution in [0.15, 0.2) is 60.7 Å². The van der Waals surface area contributed by atoms with Gasteiger partial charge in [-0.1, -0.05) is 41.9 Å². The highest BCUT2D eigenvalue weighted by atomic mass is 35.5. The van der Waals surface area contributed by atoms with Gasteiger partial charge in [-0.25, -0.2) is 4.39 Å². The molecule has 0 saturated carbocycles. The number of rotatable bonds is 5. The number of hydrogen-bond donors (Lipinski definition) is 0.